The Labute approximate surface area is 77.7 Å². The highest BCUT2D eigenvalue weighted by atomic mass is 16.6. The molecule has 72 valence electrons. The first-order chi connectivity index (χ1) is 6.09. The van der Waals surface area contributed by atoms with E-state index in [4.69, 9.17) is 0 Å². The Morgan fingerprint density at radius 1 is 1.69 bits per heavy atom. The molecule has 0 saturated heterocycles. The van der Waals surface area contributed by atoms with E-state index in [0.717, 1.165) is 6.42 Å². The van der Waals surface area contributed by atoms with Crippen LogP contribution in [0.3, 0.4) is 0 Å². The molecule has 13 heavy (non-hydrogen) atoms. The average molecular weight is 182 g/mol. The molecule has 3 heteroatoms. The molecule has 0 bridgehead atoms. The quantitative estimate of drug-likeness (QED) is 0.532. The van der Waals surface area contributed by atoms with Crippen molar-refractivity contribution < 1.29 is 14.6 Å². The lowest BCUT2D eigenvalue weighted by atomic mass is 10.1. The van der Waals surface area contributed by atoms with E-state index in [1.54, 1.807) is 0 Å². The molecule has 0 saturated carbocycles. The fourth-order valence-corrected chi connectivity index (χ4v) is 1.17. The van der Waals surface area contributed by atoms with Crippen LogP contribution in [0.5, 0.6) is 0 Å². The molecule has 1 unspecified atom stereocenters. The van der Waals surface area contributed by atoms with Crippen LogP contribution in [-0.2, 0) is 9.53 Å². The number of ether oxygens (including phenoxy) is 1. The van der Waals surface area contributed by atoms with Crippen LogP contribution in [0.2, 0.25) is 0 Å². The van der Waals surface area contributed by atoms with Crippen LogP contribution in [0.1, 0.15) is 26.7 Å². The van der Waals surface area contributed by atoms with Gasteiger partial charge in [-0.05, 0) is 26.7 Å². The average Bonchev–Trinajstić information content (AvgIpc) is 2.29. The van der Waals surface area contributed by atoms with Gasteiger partial charge < -0.3 is 9.84 Å². The first-order valence-corrected chi connectivity index (χ1v) is 4.32. The topological polar surface area (TPSA) is 46.5 Å². The number of esters is 1. The zero-order valence-electron chi connectivity index (χ0n) is 7.91. The summed E-state index contributed by atoms with van der Waals surface area (Å²) in [5.74, 6) is -0.445. The number of hydrogen-bond donors (Lipinski definition) is 1. The Balaban J connectivity index is 2.41. The van der Waals surface area contributed by atoms with Gasteiger partial charge in [-0.25, -0.2) is 4.79 Å². The van der Waals surface area contributed by atoms with Gasteiger partial charge in [-0.3, -0.25) is 0 Å². The summed E-state index contributed by atoms with van der Waals surface area (Å²) in [6.45, 7) is 4.03. The second-order valence-corrected chi connectivity index (χ2v) is 3.33. The smallest absolute Gasteiger partial charge is 0.333 e. The van der Waals surface area contributed by atoms with Crippen LogP contribution >= 0.6 is 0 Å². The molecule has 0 aromatic heterocycles. The lowest BCUT2D eigenvalue weighted by molar-refractivity contribution is -0.151. The Morgan fingerprint density at radius 3 is 2.85 bits per heavy atom. The minimum Gasteiger partial charge on any atom is -0.429 e. The van der Waals surface area contributed by atoms with Gasteiger partial charge in [-0.2, -0.15) is 0 Å². The van der Waals surface area contributed by atoms with Gasteiger partial charge in [-0.1, -0.05) is 11.6 Å². The van der Waals surface area contributed by atoms with Crippen LogP contribution in [0.15, 0.2) is 23.3 Å². The SMILES string of the molecule is CC(C)=CCCC1=CC(=O)OC1O. The lowest BCUT2D eigenvalue weighted by Gasteiger charge is -2.05. The Bertz CT molecular complexity index is 259. The van der Waals surface area contributed by atoms with Crippen molar-refractivity contribution in [2.75, 3.05) is 0 Å². The monoisotopic (exact) mass is 182 g/mol. The largest absolute Gasteiger partial charge is 0.429 e. The second kappa shape index (κ2) is 4.23. The molecule has 1 aliphatic rings. The van der Waals surface area contributed by atoms with Crippen molar-refractivity contribution in [1.82, 2.24) is 0 Å². The van der Waals surface area contributed by atoms with Crippen LogP contribution < -0.4 is 0 Å². The predicted molar refractivity (Wildman–Crippen MR) is 48.8 cm³/mol. The number of hydrogen-bond acceptors (Lipinski definition) is 3. The maximum absolute atomic E-state index is 10.7. The maximum atomic E-state index is 10.7. The molecule has 3 nitrogen and oxygen atoms in total. The van der Waals surface area contributed by atoms with Gasteiger partial charge in [0.2, 0.25) is 6.29 Å². The molecular weight excluding hydrogens is 168 g/mol. The first kappa shape index (κ1) is 9.99. The van der Waals surface area contributed by atoms with E-state index in [1.807, 2.05) is 13.8 Å². The highest BCUT2D eigenvalue weighted by molar-refractivity contribution is 5.85. The standard InChI is InChI=1S/C10H14O3/c1-7(2)4-3-5-8-6-9(11)13-10(8)12/h4,6,10,12H,3,5H2,1-2H3. The van der Waals surface area contributed by atoms with Crippen molar-refractivity contribution in [3.8, 4) is 0 Å². The number of aliphatic hydroxyl groups excluding tert-OH is 1. The Morgan fingerprint density at radius 2 is 2.38 bits per heavy atom. The van der Waals surface area contributed by atoms with Gasteiger partial charge in [0.1, 0.15) is 0 Å². The van der Waals surface area contributed by atoms with Gasteiger partial charge in [0.15, 0.2) is 0 Å². The fourth-order valence-electron chi connectivity index (χ4n) is 1.17. The van der Waals surface area contributed by atoms with E-state index in [0.29, 0.717) is 12.0 Å². The van der Waals surface area contributed by atoms with Crippen LogP contribution in [0.25, 0.3) is 0 Å². The van der Waals surface area contributed by atoms with Crippen LogP contribution in [0, 0.1) is 0 Å². The first-order valence-electron chi connectivity index (χ1n) is 4.32. The predicted octanol–water partition coefficient (Wildman–Crippen LogP) is 1.53. The zero-order valence-corrected chi connectivity index (χ0v) is 7.91. The third-order valence-corrected chi connectivity index (χ3v) is 1.83. The summed E-state index contributed by atoms with van der Waals surface area (Å²) < 4.78 is 4.53. The van der Waals surface area contributed by atoms with E-state index in [1.165, 1.54) is 11.6 Å². The highest BCUT2D eigenvalue weighted by Crippen LogP contribution is 2.18. The number of rotatable bonds is 3. The molecule has 1 rings (SSSR count). The van der Waals surface area contributed by atoms with E-state index >= 15 is 0 Å². The molecule has 1 N–H and O–H groups in total. The summed E-state index contributed by atoms with van der Waals surface area (Å²) in [7, 11) is 0. The molecule has 1 aliphatic heterocycles. The number of aliphatic hydroxyl groups is 1. The molecule has 0 aromatic carbocycles. The molecule has 0 amide bonds. The highest BCUT2D eigenvalue weighted by Gasteiger charge is 2.22. The van der Waals surface area contributed by atoms with Gasteiger partial charge in [0.25, 0.3) is 0 Å². The van der Waals surface area contributed by atoms with Crippen molar-refractivity contribution in [2.24, 2.45) is 0 Å². The van der Waals surface area contributed by atoms with E-state index in [-0.39, 0.29) is 0 Å². The lowest BCUT2D eigenvalue weighted by Crippen LogP contribution is -2.09. The fraction of sp³-hybridized carbons (Fsp3) is 0.500. The number of carbonyl (C=O) groups excluding carboxylic acids is 1. The molecule has 1 heterocycles. The summed E-state index contributed by atoms with van der Waals surface area (Å²) in [5, 5.41) is 9.19. The normalized spacial score (nSPS) is 21.0. The van der Waals surface area contributed by atoms with Crippen molar-refractivity contribution in [3.05, 3.63) is 23.3 Å². The van der Waals surface area contributed by atoms with Crippen LogP contribution in [-0.4, -0.2) is 17.4 Å². The van der Waals surface area contributed by atoms with Crippen molar-refractivity contribution in [1.29, 1.82) is 0 Å². The Kier molecular flexibility index (Phi) is 3.25. The molecule has 0 aromatic rings. The summed E-state index contributed by atoms with van der Waals surface area (Å²) in [5.41, 5.74) is 1.91. The molecular formula is C10H14O3. The third kappa shape index (κ3) is 3.03. The van der Waals surface area contributed by atoms with Gasteiger partial charge >= 0.3 is 5.97 Å². The van der Waals surface area contributed by atoms with Gasteiger partial charge in [-0.15, -0.1) is 0 Å². The van der Waals surface area contributed by atoms with E-state index in [2.05, 4.69) is 10.8 Å². The van der Waals surface area contributed by atoms with Gasteiger partial charge in [0.05, 0.1) is 0 Å². The van der Waals surface area contributed by atoms with Gasteiger partial charge in [0, 0.05) is 11.6 Å². The molecule has 0 radical (unpaired) electrons. The van der Waals surface area contributed by atoms with E-state index < -0.39 is 12.3 Å². The summed E-state index contributed by atoms with van der Waals surface area (Å²) in [4.78, 5) is 10.7. The van der Waals surface area contributed by atoms with Crippen LogP contribution in [0.4, 0.5) is 0 Å². The number of cyclic esters (lactones) is 1. The number of carbonyl (C=O) groups is 1. The summed E-state index contributed by atoms with van der Waals surface area (Å²) >= 11 is 0. The van der Waals surface area contributed by atoms with Crippen molar-refractivity contribution in [2.45, 2.75) is 33.0 Å². The zero-order chi connectivity index (χ0) is 9.84. The Hall–Kier alpha value is -1.09. The minimum absolute atomic E-state index is 0.445. The number of allylic oxidation sites excluding steroid dienone is 2. The van der Waals surface area contributed by atoms with E-state index in [9.17, 15) is 9.90 Å². The maximum Gasteiger partial charge on any atom is 0.333 e. The van der Waals surface area contributed by atoms with Crippen molar-refractivity contribution >= 4 is 5.97 Å². The summed E-state index contributed by atoms with van der Waals surface area (Å²) in [6.07, 6.45) is 3.93. The molecule has 0 aliphatic carbocycles. The molecule has 1 atom stereocenters. The third-order valence-electron chi connectivity index (χ3n) is 1.83. The molecule has 0 fully saturated rings. The second-order valence-electron chi connectivity index (χ2n) is 3.33. The van der Waals surface area contributed by atoms with Crippen molar-refractivity contribution in [3.63, 3.8) is 0 Å². The molecule has 0 spiro atoms. The minimum atomic E-state index is -1.02. The summed E-state index contributed by atoms with van der Waals surface area (Å²) in [6, 6.07) is 0.